The Morgan fingerprint density at radius 3 is 1.68 bits per heavy atom. The molecular weight excluding hydrogens is 316 g/mol. The Kier molecular flexibility index (Phi) is 5.38. The third-order valence-electron chi connectivity index (χ3n) is 4.63. The fourth-order valence-electron chi connectivity index (χ4n) is 2.86. The molecule has 1 saturated carbocycles. The standard InChI is InChI=1S/C19H22N4O2/c24-17(15-5-1-3-11-20-15)22-13-9-19(7-8-19)10-14-23-18(25)16-6-2-4-12-21-16/h1-6,11-12H,7-10,13-14H2,(H,22,24)(H,23,25). The second-order valence-corrected chi connectivity index (χ2v) is 6.44. The summed E-state index contributed by atoms with van der Waals surface area (Å²) in [5.74, 6) is -0.278. The summed E-state index contributed by atoms with van der Waals surface area (Å²) in [7, 11) is 0. The number of carbonyl (C=O) groups is 2. The summed E-state index contributed by atoms with van der Waals surface area (Å²) in [5.41, 5.74) is 1.12. The lowest BCUT2D eigenvalue weighted by Gasteiger charge is -2.15. The number of rotatable bonds is 8. The van der Waals surface area contributed by atoms with E-state index in [1.54, 1.807) is 48.8 Å². The van der Waals surface area contributed by atoms with E-state index in [-0.39, 0.29) is 17.2 Å². The minimum Gasteiger partial charge on any atom is -0.351 e. The van der Waals surface area contributed by atoms with Crippen LogP contribution in [0.5, 0.6) is 0 Å². The molecular formula is C19H22N4O2. The maximum Gasteiger partial charge on any atom is 0.269 e. The Hall–Kier alpha value is -2.76. The first-order valence-corrected chi connectivity index (χ1v) is 8.57. The van der Waals surface area contributed by atoms with E-state index in [9.17, 15) is 9.59 Å². The second kappa shape index (κ2) is 7.88. The van der Waals surface area contributed by atoms with Crippen LogP contribution in [-0.2, 0) is 0 Å². The fourth-order valence-corrected chi connectivity index (χ4v) is 2.86. The molecule has 0 saturated heterocycles. The zero-order chi connectivity index (χ0) is 17.5. The zero-order valence-corrected chi connectivity index (χ0v) is 14.1. The molecule has 1 fully saturated rings. The van der Waals surface area contributed by atoms with Crippen LogP contribution in [-0.4, -0.2) is 34.9 Å². The molecule has 0 atom stereocenters. The predicted octanol–water partition coefficient (Wildman–Crippen LogP) is 2.20. The highest BCUT2D eigenvalue weighted by atomic mass is 16.2. The molecule has 2 heterocycles. The van der Waals surface area contributed by atoms with Gasteiger partial charge in [0.25, 0.3) is 11.8 Å². The Morgan fingerprint density at radius 2 is 1.32 bits per heavy atom. The van der Waals surface area contributed by atoms with Gasteiger partial charge in [-0.1, -0.05) is 12.1 Å². The zero-order valence-electron chi connectivity index (χ0n) is 14.1. The number of nitrogens with zero attached hydrogens (tertiary/aromatic N) is 2. The van der Waals surface area contributed by atoms with Gasteiger partial charge in [-0.05, 0) is 55.4 Å². The highest BCUT2D eigenvalue weighted by molar-refractivity contribution is 5.92. The highest BCUT2D eigenvalue weighted by Gasteiger charge is 2.41. The minimum absolute atomic E-state index is 0.139. The summed E-state index contributed by atoms with van der Waals surface area (Å²) >= 11 is 0. The van der Waals surface area contributed by atoms with Crippen molar-refractivity contribution in [3.63, 3.8) is 0 Å². The van der Waals surface area contributed by atoms with Gasteiger partial charge in [0.1, 0.15) is 11.4 Å². The summed E-state index contributed by atoms with van der Waals surface area (Å²) in [6.45, 7) is 1.26. The van der Waals surface area contributed by atoms with Crippen molar-refractivity contribution in [1.29, 1.82) is 0 Å². The van der Waals surface area contributed by atoms with Crippen molar-refractivity contribution >= 4 is 11.8 Å². The molecule has 2 amide bonds. The normalized spacial score (nSPS) is 14.6. The molecule has 6 nitrogen and oxygen atoms in total. The van der Waals surface area contributed by atoms with E-state index in [0.29, 0.717) is 24.5 Å². The molecule has 0 aliphatic heterocycles. The van der Waals surface area contributed by atoms with E-state index >= 15 is 0 Å². The second-order valence-electron chi connectivity index (χ2n) is 6.44. The number of hydrogen-bond donors (Lipinski definition) is 2. The first-order chi connectivity index (χ1) is 12.2. The lowest BCUT2D eigenvalue weighted by molar-refractivity contribution is 0.0942. The Balaban J connectivity index is 1.37. The number of pyridine rings is 2. The van der Waals surface area contributed by atoms with Gasteiger partial charge >= 0.3 is 0 Å². The molecule has 0 radical (unpaired) electrons. The molecule has 2 aromatic rings. The fraction of sp³-hybridized carbons (Fsp3) is 0.368. The van der Waals surface area contributed by atoms with Gasteiger partial charge in [-0.25, -0.2) is 0 Å². The van der Waals surface area contributed by atoms with E-state index in [4.69, 9.17) is 0 Å². The number of amides is 2. The first-order valence-electron chi connectivity index (χ1n) is 8.57. The van der Waals surface area contributed by atoms with Crippen molar-refractivity contribution in [2.45, 2.75) is 25.7 Å². The summed E-state index contributed by atoms with van der Waals surface area (Å²) in [5, 5.41) is 5.84. The monoisotopic (exact) mass is 338 g/mol. The summed E-state index contributed by atoms with van der Waals surface area (Å²) < 4.78 is 0. The van der Waals surface area contributed by atoms with Crippen LogP contribution in [0.25, 0.3) is 0 Å². The SMILES string of the molecule is O=C(NCCC1(CCNC(=O)c2ccccn2)CC1)c1ccccn1. The predicted molar refractivity (Wildman–Crippen MR) is 94.0 cm³/mol. The topological polar surface area (TPSA) is 84.0 Å². The van der Waals surface area contributed by atoms with Gasteiger partial charge in [0.2, 0.25) is 0 Å². The molecule has 2 N–H and O–H groups in total. The van der Waals surface area contributed by atoms with Crippen LogP contribution >= 0.6 is 0 Å². The van der Waals surface area contributed by atoms with Crippen molar-refractivity contribution in [1.82, 2.24) is 20.6 Å². The molecule has 1 aliphatic rings. The van der Waals surface area contributed by atoms with Crippen LogP contribution in [0, 0.1) is 5.41 Å². The highest BCUT2D eigenvalue weighted by Crippen LogP contribution is 2.51. The van der Waals surface area contributed by atoms with Gasteiger partial charge in [-0.15, -0.1) is 0 Å². The van der Waals surface area contributed by atoms with E-state index in [2.05, 4.69) is 20.6 Å². The number of carbonyl (C=O) groups excluding carboxylic acids is 2. The van der Waals surface area contributed by atoms with Crippen molar-refractivity contribution in [2.75, 3.05) is 13.1 Å². The first kappa shape index (κ1) is 17.1. The molecule has 0 aromatic carbocycles. The number of nitrogens with one attached hydrogen (secondary N) is 2. The van der Waals surface area contributed by atoms with Crippen LogP contribution in [0.1, 0.15) is 46.7 Å². The van der Waals surface area contributed by atoms with Gasteiger partial charge in [-0.2, -0.15) is 0 Å². The van der Waals surface area contributed by atoms with E-state index in [0.717, 1.165) is 25.7 Å². The van der Waals surface area contributed by atoms with Crippen molar-refractivity contribution in [3.8, 4) is 0 Å². The molecule has 0 unspecified atom stereocenters. The van der Waals surface area contributed by atoms with Crippen molar-refractivity contribution in [2.24, 2.45) is 5.41 Å². The summed E-state index contributed by atoms with van der Waals surface area (Å²) in [4.78, 5) is 32.0. The number of aromatic nitrogens is 2. The molecule has 6 heteroatoms. The van der Waals surface area contributed by atoms with Gasteiger partial charge < -0.3 is 10.6 Å². The Labute approximate surface area is 147 Å². The molecule has 0 spiro atoms. The third kappa shape index (κ3) is 4.86. The van der Waals surface area contributed by atoms with Gasteiger partial charge in [-0.3, -0.25) is 19.6 Å². The molecule has 0 bridgehead atoms. The van der Waals surface area contributed by atoms with Gasteiger partial charge in [0.15, 0.2) is 0 Å². The molecule has 2 aromatic heterocycles. The largest absolute Gasteiger partial charge is 0.351 e. The van der Waals surface area contributed by atoms with Crippen LogP contribution in [0.2, 0.25) is 0 Å². The molecule has 3 rings (SSSR count). The average molecular weight is 338 g/mol. The van der Waals surface area contributed by atoms with Crippen LogP contribution in [0.15, 0.2) is 48.8 Å². The minimum atomic E-state index is -0.139. The summed E-state index contributed by atoms with van der Waals surface area (Å²) in [6.07, 6.45) is 7.36. The Morgan fingerprint density at radius 1 is 0.840 bits per heavy atom. The van der Waals surface area contributed by atoms with Crippen LogP contribution in [0.4, 0.5) is 0 Å². The third-order valence-corrected chi connectivity index (χ3v) is 4.63. The smallest absolute Gasteiger partial charge is 0.269 e. The van der Waals surface area contributed by atoms with Gasteiger partial charge in [0.05, 0.1) is 0 Å². The van der Waals surface area contributed by atoms with Crippen LogP contribution in [0.3, 0.4) is 0 Å². The average Bonchev–Trinajstić information content (AvgIpc) is 3.43. The van der Waals surface area contributed by atoms with Crippen molar-refractivity contribution in [3.05, 3.63) is 60.2 Å². The lowest BCUT2D eigenvalue weighted by Crippen LogP contribution is -2.29. The summed E-state index contributed by atoms with van der Waals surface area (Å²) in [6, 6.07) is 10.6. The maximum absolute atomic E-state index is 12.0. The van der Waals surface area contributed by atoms with E-state index in [1.165, 1.54) is 0 Å². The van der Waals surface area contributed by atoms with Gasteiger partial charge in [0, 0.05) is 25.5 Å². The van der Waals surface area contributed by atoms with E-state index in [1.807, 2.05) is 0 Å². The Bertz CT molecular complexity index is 655. The number of hydrogen-bond acceptors (Lipinski definition) is 4. The maximum atomic E-state index is 12.0. The van der Waals surface area contributed by atoms with Crippen LogP contribution < -0.4 is 10.6 Å². The van der Waals surface area contributed by atoms with Crippen molar-refractivity contribution < 1.29 is 9.59 Å². The molecule has 130 valence electrons. The van der Waals surface area contributed by atoms with E-state index < -0.39 is 0 Å². The lowest BCUT2D eigenvalue weighted by atomic mass is 9.98. The molecule has 25 heavy (non-hydrogen) atoms. The quantitative estimate of drug-likeness (QED) is 0.773. The molecule has 1 aliphatic carbocycles.